The van der Waals surface area contributed by atoms with Crippen molar-refractivity contribution < 1.29 is 19.1 Å². The molecular formula is C25H23N7O4. The lowest BCUT2D eigenvalue weighted by molar-refractivity contribution is 0.0609. The summed E-state index contributed by atoms with van der Waals surface area (Å²) in [6.45, 7) is 3.40. The second-order valence-corrected chi connectivity index (χ2v) is 8.45. The first kappa shape index (κ1) is 23.1. The van der Waals surface area contributed by atoms with Crippen LogP contribution in [-0.4, -0.2) is 54.6 Å². The topological polar surface area (TPSA) is 146 Å². The maximum atomic E-state index is 12.8. The molecule has 0 saturated heterocycles. The van der Waals surface area contributed by atoms with Gasteiger partial charge in [-0.15, -0.1) is 10.2 Å². The molecule has 1 atom stereocenters. The van der Waals surface area contributed by atoms with Gasteiger partial charge in [-0.2, -0.15) is 4.98 Å². The molecule has 0 spiro atoms. The Hall–Kier alpha value is -4.64. The molecule has 0 aliphatic carbocycles. The molecule has 1 aliphatic rings. The molecule has 0 saturated carbocycles. The highest BCUT2D eigenvalue weighted by Crippen LogP contribution is 2.31. The Morgan fingerprint density at radius 2 is 1.81 bits per heavy atom. The van der Waals surface area contributed by atoms with Gasteiger partial charge in [-0.05, 0) is 37.6 Å². The number of fused-ring (bicyclic) bond motifs is 1. The number of benzene rings is 2. The number of rotatable bonds is 8. The number of aliphatic hydroxyl groups is 1. The Bertz CT molecular complexity index is 1410. The molecule has 5 rings (SSSR count). The molecule has 182 valence electrons. The lowest BCUT2D eigenvalue weighted by Gasteiger charge is -2.19. The highest BCUT2D eigenvalue weighted by molar-refractivity contribution is 6.22. The Kier molecular flexibility index (Phi) is 6.13. The van der Waals surface area contributed by atoms with Crippen LogP contribution in [0, 0.1) is 0 Å². The quantitative estimate of drug-likeness (QED) is 0.317. The van der Waals surface area contributed by atoms with Gasteiger partial charge in [-0.3, -0.25) is 14.5 Å². The number of aromatic nitrogens is 4. The van der Waals surface area contributed by atoms with Crippen LogP contribution in [0.15, 0.2) is 65.5 Å². The Labute approximate surface area is 206 Å². The van der Waals surface area contributed by atoms with Crippen LogP contribution in [0.1, 0.15) is 46.2 Å². The molecule has 3 heterocycles. The minimum atomic E-state index is -0.457. The minimum Gasteiger partial charge on any atom is -0.423 e. The third kappa shape index (κ3) is 4.27. The summed E-state index contributed by atoms with van der Waals surface area (Å²) >= 11 is 0. The number of hydrogen-bond acceptors (Lipinski definition) is 10. The molecule has 1 aliphatic heterocycles. The number of hydrogen-bond donors (Lipinski definition) is 3. The van der Waals surface area contributed by atoms with Crippen molar-refractivity contribution >= 4 is 29.3 Å². The van der Waals surface area contributed by atoms with E-state index in [1.165, 1.54) is 17.5 Å². The van der Waals surface area contributed by atoms with Crippen LogP contribution in [0.2, 0.25) is 0 Å². The minimum absolute atomic E-state index is 0.187. The van der Waals surface area contributed by atoms with Crippen molar-refractivity contribution in [3.8, 4) is 11.5 Å². The van der Waals surface area contributed by atoms with Gasteiger partial charge in [0.15, 0.2) is 0 Å². The average molecular weight is 486 g/mol. The van der Waals surface area contributed by atoms with E-state index in [0.29, 0.717) is 28.2 Å². The SMILES string of the molecule is CC(C)N1C(=O)c2ccc(Nc3ncc(-c4nnco4)c(N[C@H](CO)c4ccccc4)n3)cc2C1=O. The van der Waals surface area contributed by atoms with E-state index < -0.39 is 6.04 Å². The van der Waals surface area contributed by atoms with Crippen molar-refractivity contribution in [2.24, 2.45) is 0 Å². The van der Waals surface area contributed by atoms with Crippen LogP contribution >= 0.6 is 0 Å². The number of aliphatic hydroxyl groups excluding tert-OH is 1. The first-order valence-corrected chi connectivity index (χ1v) is 11.3. The summed E-state index contributed by atoms with van der Waals surface area (Å²) in [4.78, 5) is 35.5. The van der Waals surface area contributed by atoms with Crippen molar-refractivity contribution in [3.63, 3.8) is 0 Å². The summed E-state index contributed by atoms with van der Waals surface area (Å²) in [5, 5.41) is 24.0. The van der Waals surface area contributed by atoms with Crippen LogP contribution in [0.4, 0.5) is 17.5 Å². The summed E-state index contributed by atoms with van der Waals surface area (Å²) in [6, 6.07) is 13.7. The van der Waals surface area contributed by atoms with E-state index in [1.54, 1.807) is 32.0 Å². The van der Waals surface area contributed by atoms with Gasteiger partial charge in [0.05, 0.1) is 29.3 Å². The van der Waals surface area contributed by atoms with Gasteiger partial charge in [-0.25, -0.2) is 4.98 Å². The van der Waals surface area contributed by atoms with Gasteiger partial charge in [0, 0.05) is 17.9 Å². The highest BCUT2D eigenvalue weighted by Gasteiger charge is 2.37. The zero-order chi connectivity index (χ0) is 25.2. The molecule has 4 aromatic rings. The van der Waals surface area contributed by atoms with Crippen molar-refractivity contribution in [2.75, 3.05) is 17.2 Å². The summed E-state index contributed by atoms with van der Waals surface area (Å²) < 4.78 is 5.34. The molecule has 11 nitrogen and oxygen atoms in total. The molecule has 2 aromatic carbocycles. The van der Waals surface area contributed by atoms with Crippen molar-refractivity contribution in [1.82, 2.24) is 25.1 Å². The maximum Gasteiger partial charge on any atom is 0.261 e. The molecule has 36 heavy (non-hydrogen) atoms. The van der Waals surface area contributed by atoms with E-state index >= 15 is 0 Å². The fraction of sp³-hybridized carbons (Fsp3) is 0.200. The first-order valence-electron chi connectivity index (χ1n) is 11.3. The van der Waals surface area contributed by atoms with Crippen LogP contribution in [-0.2, 0) is 0 Å². The molecule has 0 fully saturated rings. The third-order valence-electron chi connectivity index (χ3n) is 5.77. The molecular weight excluding hydrogens is 462 g/mol. The maximum absolute atomic E-state index is 12.8. The highest BCUT2D eigenvalue weighted by atomic mass is 16.4. The second-order valence-electron chi connectivity index (χ2n) is 8.45. The largest absolute Gasteiger partial charge is 0.423 e. The number of carbonyl (C=O) groups excluding carboxylic acids is 2. The van der Waals surface area contributed by atoms with Gasteiger partial charge in [-0.1, -0.05) is 30.3 Å². The van der Waals surface area contributed by atoms with Crippen molar-refractivity contribution in [2.45, 2.75) is 25.9 Å². The monoisotopic (exact) mass is 485 g/mol. The van der Waals surface area contributed by atoms with Gasteiger partial charge < -0.3 is 20.2 Å². The van der Waals surface area contributed by atoms with E-state index in [2.05, 4.69) is 30.8 Å². The van der Waals surface area contributed by atoms with Crippen LogP contribution in [0.25, 0.3) is 11.5 Å². The molecule has 3 N–H and O–H groups in total. The van der Waals surface area contributed by atoms with E-state index in [-0.39, 0.29) is 36.3 Å². The number of nitrogens with zero attached hydrogens (tertiary/aromatic N) is 5. The summed E-state index contributed by atoms with van der Waals surface area (Å²) in [5.74, 6) is 0.154. The van der Waals surface area contributed by atoms with Gasteiger partial charge in [0.25, 0.3) is 17.7 Å². The molecule has 11 heteroatoms. The Balaban J connectivity index is 1.46. The van der Waals surface area contributed by atoms with E-state index in [9.17, 15) is 14.7 Å². The fourth-order valence-corrected chi connectivity index (χ4v) is 4.02. The second kappa shape index (κ2) is 9.55. The van der Waals surface area contributed by atoms with E-state index in [1.807, 2.05) is 30.3 Å². The normalized spacial score (nSPS) is 13.7. The standard InChI is InChI=1S/C25H23N7O4/c1-14(2)32-23(34)17-9-8-16(10-18(17)24(32)35)28-25-26-11-19(22-31-27-13-36-22)21(30-25)29-20(12-33)15-6-4-3-5-7-15/h3-11,13-14,20,33H,12H2,1-2H3,(H2,26,28,29,30)/t20-/m1/s1. The molecule has 0 bridgehead atoms. The summed E-state index contributed by atoms with van der Waals surface area (Å²) in [6.07, 6.45) is 2.72. The number of anilines is 3. The number of imide groups is 1. The molecule has 2 amide bonds. The number of amides is 2. The molecule has 2 aromatic heterocycles. The first-order chi connectivity index (χ1) is 17.5. The average Bonchev–Trinajstić information content (AvgIpc) is 3.50. The van der Waals surface area contributed by atoms with Gasteiger partial charge in [0.1, 0.15) is 5.82 Å². The number of carbonyl (C=O) groups is 2. The number of nitrogens with one attached hydrogen (secondary N) is 2. The van der Waals surface area contributed by atoms with Crippen molar-refractivity contribution in [3.05, 3.63) is 77.8 Å². The third-order valence-corrected chi connectivity index (χ3v) is 5.77. The zero-order valence-corrected chi connectivity index (χ0v) is 19.5. The van der Waals surface area contributed by atoms with E-state index in [0.717, 1.165) is 5.56 Å². The lowest BCUT2D eigenvalue weighted by atomic mass is 10.1. The van der Waals surface area contributed by atoms with Crippen molar-refractivity contribution in [1.29, 1.82) is 0 Å². The fourth-order valence-electron chi connectivity index (χ4n) is 4.02. The van der Waals surface area contributed by atoms with Crippen LogP contribution < -0.4 is 10.6 Å². The molecule has 0 unspecified atom stereocenters. The van der Waals surface area contributed by atoms with Gasteiger partial charge >= 0.3 is 0 Å². The zero-order valence-electron chi connectivity index (χ0n) is 19.5. The van der Waals surface area contributed by atoms with E-state index in [4.69, 9.17) is 4.42 Å². The smallest absolute Gasteiger partial charge is 0.261 e. The lowest BCUT2D eigenvalue weighted by Crippen LogP contribution is -2.35. The summed E-state index contributed by atoms with van der Waals surface area (Å²) in [5.41, 5.74) is 2.54. The molecule has 0 radical (unpaired) electrons. The predicted octanol–water partition coefficient (Wildman–Crippen LogP) is 3.42. The Morgan fingerprint density at radius 3 is 2.50 bits per heavy atom. The summed E-state index contributed by atoms with van der Waals surface area (Å²) in [7, 11) is 0. The van der Waals surface area contributed by atoms with Gasteiger partial charge in [0.2, 0.25) is 12.3 Å². The Morgan fingerprint density at radius 1 is 1.03 bits per heavy atom. The van der Waals surface area contributed by atoms with Crippen LogP contribution in [0.5, 0.6) is 0 Å². The predicted molar refractivity (Wildman–Crippen MR) is 131 cm³/mol. The van der Waals surface area contributed by atoms with Crippen LogP contribution in [0.3, 0.4) is 0 Å².